The number of nitrogens with two attached hydrogens (primary N) is 1. The second-order valence-electron chi connectivity index (χ2n) is 2.19. The normalized spacial score (nSPS) is 8.92. The molecule has 0 aromatic carbocycles. The summed E-state index contributed by atoms with van der Waals surface area (Å²) in [7, 11) is 1.54. The number of aromatic nitrogens is 1. The number of aryl methyl sites for hydroxylation is 1. The smallest absolute Gasteiger partial charge is 0.214 e. The monoisotopic (exact) mass is 208 g/mol. The molecule has 5 heteroatoms. The average molecular weight is 209 g/mol. The zero-order valence-corrected chi connectivity index (χ0v) is 8.37. The molecule has 0 aliphatic heterocycles. The van der Waals surface area contributed by atoms with E-state index in [2.05, 4.69) is 4.98 Å². The number of methoxy groups -OCH3 is 1. The first kappa shape index (κ1) is 11.3. The van der Waals surface area contributed by atoms with Crippen molar-refractivity contribution in [3.63, 3.8) is 0 Å². The van der Waals surface area contributed by atoms with Gasteiger partial charge in [0, 0.05) is 6.07 Å². The van der Waals surface area contributed by atoms with Crippen LogP contribution in [0.2, 0.25) is 5.15 Å². The molecule has 0 aliphatic carbocycles. The van der Waals surface area contributed by atoms with Crippen LogP contribution < -0.4 is 10.5 Å². The quantitative estimate of drug-likeness (QED) is 0.720. The number of ether oxygens (including phenoxy) is 1. The Kier molecular flexibility index (Phi) is 4.13. The van der Waals surface area contributed by atoms with E-state index in [1.54, 1.807) is 6.07 Å². The van der Waals surface area contributed by atoms with Crippen LogP contribution in [-0.4, -0.2) is 12.1 Å². The van der Waals surface area contributed by atoms with Gasteiger partial charge in [-0.25, -0.2) is 0 Å². The van der Waals surface area contributed by atoms with Crippen molar-refractivity contribution in [1.82, 2.24) is 4.98 Å². The molecular formula is C7H10Cl2N2O. The molecule has 0 saturated carbocycles. The first-order valence-electron chi connectivity index (χ1n) is 3.11. The third-order valence-corrected chi connectivity index (χ3v) is 1.69. The van der Waals surface area contributed by atoms with Gasteiger partial charge in [0.25, 0.3) is 0 Å². The molecule has 1 rings (SSSR count). The first-order valence-corrected chi connectivity index (χ1v) is 3.49. The Morgan fingerprint density at radius 1 is 1.58 bits per heavy atom. The summed E-state index contributed by atoms with van der Waals surface area (Å²) in [6, 6.07) is 1.74. The van der Waals surface area contributed by atoms with Gasteiger partial charge in [-0.1, -0.05) is 11.6 Å². The highest BCUT2D eigenvalue weighted by molar-refractivity contribution is 6.32. The molecule has 1 heterocycles. The lowest BCUT2D eigenvalue weighted by Gasteiger charge is -2.04. The van der Waals surface area contributed by atoms with Gasteiger partial charge in [0.15, 0.2) is 5.15 Å². The highest BCUT2D eigenvalue weighted by Crippen LogP contribution is 2.23. The summed E-state index contributed by atoms with van der Waals surface area (Å²) in [5.41, 5.74) is 6.94. The molecule has 0 amide bonds. The minimum Gasteiger partial charge on any atom is -0.481 e. The summed E-state index contributed by atoms with van der Waals surface area (Å²) in [4.78, 5) is 3.87. The van der Waals surface area contributed by atoms with Gasteiger partial charge in [0.1, 0.15) is 0 Å². The van der Waals surface area contributed by atoms with E-state index in [4.69, 9.17) is 22.1 Å². The molecule has 2 N–H and O–H groups in total. The van der Waals surface area contributed by atoms with E-state index in [9.17, 15) is 0 Å². The van der Waals surface area contributed by atoms with Gasteiger partial charge in [-0.15, -0.1) is 12.4 Å². The molecule has 0 fully saturated rings. The van der Waals surface area contributed by atoms with Crippen LogP contribution in [0.4, 0.5) is 5.69 Å². The number of halogens is 2. The molecule has 12 heavy (non-hydrogen) atoms. The largest absolute Gasteiger partial charge is 0.481 e. The Bertz CT molecular complexity index is 255. The van der Waals surface area contributed by atoms with E-state index < -0.39 is 0 Å². The Labute approximate surface area is 82.3 Å². The summed E-state index contributed by atoms with van der Waals surface area (Å²) < 4.78 is 4.88. The molecule has 1 aromatic rings. The molecule has 0 radical (unpaired) electrons. The number of nitrogen functional groups attached to an aromatic ring is 1. The molecule has 0 atom stereocenters. The van der Waals surface area contributed by atoms with Crippen LogP contribution in [0.1, 0.15) is 5.56 Å². The van der Waals surface area contributed by atoms with Crippen LogP contribution in [0, 0.1) is 6.92 Å². The molecule has 0 aliphatic rings. The van der Waals surface area contributed by atoms with Crippen LogP contribution in [0.3, 0.4) is 0 Å². The fourth-order valence-electron chi connectivity index (χ4n) is 0.719. The lowest BCUT2D eigenvalue weighted by Crippen LogP contribution is -1.95. The van der Waals surface area contributed by atoms with Crippen molar-refractivity contribution >= 4 is 29.7 Å². The first-order chi connectivity index (χ1) is 5.15. The Morgan fingerprint density at radius 3 is 2.58 bits per heavy atom. The SMILES string of the molecule is COc1cc(C)c(N)c(Cl)n1.Cl. The van der Waals surface area contributed by atoms with E-state index in [1.807, 2.05) is 6.92 Å². The molecule has 3 nitrogen and oxygen atoms in total. The molecule has 68 valence electrons. The van der Waals surface area contributed by atoms with Gasteiger partial charge in [0.2, 0.25) is 5.88 Å². The van der Waals surface area contributed by atoms with Crippen LogP contribution >= 0.6 is 24.0 Å². The van der Waals surface area contributed by atoms with E-state index in [0.717, 1.165) is 5.56 Å². The molecule has 0 saturated heterocycles. The van der Waals surface area contributed by atoms with Crippen molar-refractivity contribution < 1.29 is 4.74 Å². The van der Waals surface area contributed by atoms with Gasteiger partial charge in [0.05, 0.1) is 12.8 Å². The Hall–Kier alpha value is -0.670. The molecule has 0 spiro atoms. The number of hydrogen-bond donors (Lipinski definition) is 1. The Balaban J connectivity index is 0.00000121. The summed E-state index contributed by atoms with van der Waals surface area (Å²) in [5, 5.41) is 0.293. The maximum absolute atomic E-state index is 5.68. The lowest BCUT2D eigenvalue weighted by molar-refractivity contribution is 0.398. The van der Waals surface area contributed by atoms with Crippen LogP contribution in [0.5, 0.6) is 5.88 Å². The second kappa shape index (κ2) is 4.38. The van der Waals surface area contributed by atoms with Crippen molar-refractivity contribution in [2.45, 2.75) is 6.92 Å². The predicted octanol–water partition coefficient (Wildman–Crippen LogP) is 2.06. The molecule has 0 unspecified atom stereocenters. The van der Waals surface area contributed by atoms with E-state index in [0.29, 0.717) is 16.7 Å². The third-order valence-electron chi connectivity index (χ3n) is 1.40. The van der Waals surface area contributed by atoms with Crippen molar-refractivity contribution in [2.24, 2.45) is 0 Å². The van der Waals surface area contributed by atoms with Gasteiger partial charge >= 0.3 is 0 Å². The topological polar surface area (TPSA) is 48.1 Å². The van der Waals surface area contributed by atoms with Gasteiger partial charge < -0.3 is 10.5 Å². The summed E-state index contributed by atoms with van der Waals surface area (Å²) in [6.45, 7) is 1.85. The maximum Gasteiger partial charge on any atom is 0.214 e. The minimum absolute atomic E-state index is 0. The zero-order valence-electron chi connectivity index (χ0n) is 6.80. The number of anilines is 1. The highest BCUT2D eigenvalue weighted by atomic mass is 35.5. The van der Waals surface area contributed by atoms with Crippen molar-refractivity contribution in [2.75, 3.05) is 12.8 Å². The standard InChI is InChI=1S/C7H9ClN2O.ClH/c1-4-3-5(11-2)10-7(8)6(4)9;/h3H,9H2,1-2H3;1H. The Morgan fingerprint density at radius 2 is 2.17 bits per heavy atom. The van der Waals surface area contributed by atoms with Gasteiger partial charge in [-0.05, 0) is 12.5 Å². The van der Waals surface area contributed by atoms with Crippen LogP contribution in [0.25, 0.3) is 0 Å². The number of hydrogen-bond acceptors (Lipinski definition) is 3. The molecular weight excluding hydrogens is 199 g/mol. The minimum atomic E-state index is 0. The summed E-state index contributed by atoms with van der Waals surface area (Å²) in [6.07, 6.45) is 0. The fourth-order valence-corrected chi connectivity index (χ4v) is 0.952. The maximum atomic E-state index is 5.68. The van der Waals surface area contributed by atoms with Crippen molar-refractivity contribution in [3.8, 4) is 5.88 Å². The van der Waals surface area contributed by atoms with Gasteiger partial charge in [-0.3, -0.25) is 0 Å². The number of nitrogens with zero attached hydrogens (tertiary/aromatic N) is 1. The number of rotatable bonds is 1. The number of pyridine rings is 1. The van der Waals surface area contributed by atoms with E-state index >= 15 is 0 Å². The molecule has 1 aromatic heterocycles. The fraction of sp³-hybridized carbons (Fsp3) is 0.286. The predicted molar refractivity (Wildman–Crippen MR) is 52.2 cm³/mol. The van der Waals surface area contributed by atoms with Crippen LogP contribution in [-0.2, 0) is 0 Å². The summed E-state index contributed by atoms with van der Waals surface area (Å²) >= 11 is 5.68. The summed E-state index contributed by atoms with van der Waals surface area (Å²) in [5.74, 6) is 0.488. The highest BCUT2D eigenvalue weighted by Gasteiger charge is 2.03. The third kappa shape index (κ3) is 2.16. The average Bonchev–Trinajstić information content (AvgIpc) is 1.99. The second-order valence-corrected chi connectivity index (χ2v) is 2.54. The lowest BCUT2D eigenvalue weighted by atomic mass is 10.2. The van der Waals surface area contributed by atoms with Crippen LogP contribution in [0.15, 0.2) is 6.07 Å². The van der Waals surface area contributed by atoms with Gasteiger partial charge in [-0.2, -0.15) is 4.98 Å². The zero-order chi connectivity index (χ0) is 8.43. The van der Waals surface area contributed by atoms with E-state index in [-0.39, 0.29) is 12.4 Å². The molecule has 0 bridgehead atoms. The van der Waals surface area contributed by atoms with E-state index in [1.165, 1.54) is 7.11 Å². The van der Waals surface area contributed by atoms with Crippen molar-refractivity contribution in [3.05, 3.63) is 16.8 Å². The van der Waals surface area contributed by atoms with Crippen molar-refractivity contribution in [1.29, 1.82) is 0 Å².